The summed E-state index contributed by atoms with van der Waals surface area (Å²) in [7, 11) is 0. The van der Waals surface area contributed by atoms with Crippen LogP contribution in [0.1, 0.15) is 73.2 Å². The van der Waals surface area contributed by atoms with E-state index in [-0.39, 0.29) is 17.9 Å². The van der Waals surface area contributed by atoms with Crippen LogP contribution in [0.4, 0.5) is 0 Å². The predicted molar refractivity (Wildman–Crippen MR) is 90.4 cm³/mol. The van der Waals surface area contributed by atoms with E-state index in [0.29, 0.717) is 23.7 Å². The Morgan fingerprint density at radius 2 is 1.87 bits per heavy atom. The maximum absolute atomic E-state index is 12.4. The molecule has 0 bridgehead atoms. The van der Waals surface area contributed by atoms with Crippen LogP contribution < -0.4 is 10.6 Å². The van der Waals surface area contributed by atoms with Crippen LogP contribution in [0.15, 0.2) is 18.3 Å². The molecule has 0 saturated heterocycles. The minimum absolute atomic E-state index is 0.114. The van der Waals surface area contributed by atoms with Gasteiger partial charge in [0.25, 0.3) is 11.8 Å². The van der Waals surface area contributed by atoms with Gasteiger partial charge in [0.1, 0.15) is 5.69 Å². The minimum Gasteiger partial charge on any atom is -0.350 e. The second-order valence-corrected chi connectivity index (χ2v) is 6.70. The average molecular weight is 317 g/mol. The molecule has 1 aromatic heterocycles. The van der Waals surface area contributed by atoms with Crippen LogP contribution in [0.25, 0.3) is 0 Å². The van der Waals surface area contributed by atoms with Crippen LogP contribution in [-0.2, 0) is 0 Å². The first-order chi connectivity index (χ1) is 11.1. The lowest BCUT2D eigenvalue weighted by atomic mass is 10.1. The molecule has 2 amide bonds. The SMILES string of the molecule is CC(C)CNC(=O)c1cc(C(=O)NC2CCCCCC2)ccn1. The number of aromatic nitrogens is 1. The van der Waals surface area contributed by atoms with Gasteiger partial charge in [0.05, 0.1) is 0 Å². The summed E-state index contributed by atoms with van der Waals surface area (Å²) < 4.78 is 0. The molecule has 0 unspecified atom stereocenters. The Balaban J connectivity index is 1.97. The van der Waals surface area contributed by atoms with Crippen molar-refractivity contribution >= 4 is 11.8 Å². The summed E-state index contributed by atoms with van der Waals surface area (Å²) in [5, 5.41) is 5.91. The molecule has 1 saturated carbocycles. The summed E-state index contributed by atoms with van der Waals surface area (Å²) >= 11 is 0. The molecule has 0 atom stereocenters. The molecule has 5 nitrogen and oxygen atoms in total. The Morgan fingerprint density at radius 3 is 2.52 bits per heavy atom. The lowest BCUT2D eigenvalue weighted by molar-refractivity contribution is 0.0933. The quantitative estimate of drug-likeness (QED) is 0.820. The normalized spacial score (nSPS) is 16.0. The van der Waals surface area contributed by atoms with Crippen LogP contribution >= 0.6 is 0 Å². The molecule has 23 heavy (non-hydrogen) atoms. The van der Waals surface area contributed by atoms with Crippen LogP contribution in [0.5, 0.6) is 0 Å². The molecular weight excluding hydrogens is 290 g/mol. The third kappa shape index (κ3) is 5.66. The first kappa shape index (κ1) is 17.4. The standard InChI is InChI=1S/C18H27N3O2/c1-13(2)12-20-18(23)16-11-14(9-10-19-16)17(22)21-15-7-5-3-4-6-8-15/h9-11,13,15H,3-8,12H2,1-2H3,(H,20,23)(H,21,22). The van der Waals surface area contributed by atoms with Gasteiger partial charge in [-0.25, -0.2) is 0 Å². The van der Waals surface area contributed by atoms with Gasteiger partial charge >= 0.3 is 0 Å². The zero-order valence-electron chi connectivity index (χ0n) is 14.1. The van der Waals surface area contributed by atoms with Gasteiger partial charge in [-0.05, 0) is 30.9 Å². The molecule has 1 aliphatic rings. The lowest BCUT2D eigenvalue weighted by Gasteiger charge is -2.16. The van der Waals surface area contributed by atoms with E-state index in [0.717, 1.165) is 12.8 Å². The van der Waals surface area contributed by atoms with E-state index in [1.807, 2.05) is 13.8 Å². The number of hydrogen-bond acceptors (Lipinski definition) is 3. The molecule has 2 rings (SSSR count). The number of hydrogen-bond donors (Lipinski definition) is 2. The van der Waals surface area contributed by atoms with Crippen LogP contribution in [0, 0.1) is 5.92 Å². The van der Waals surface area contributed by atoms with Gasteiger partial charge in [-0.2, -0.15) is 0 Å². The van der Waals surface area contributed by atoms with E-state index in [1.165, 1.54) is 31.9 Å². The third-order valence-electron chi connectivity index (χ3n) is 4.12. The number of amides is 2. The molecule has 1 heterocycles. The summed E-state index contributed by atoms with van der Waals surface area (Å²) in [5.41, 5.74) is 0.790. The molecule has 0 aliphatic heterocycles. The Labute approximate surface area is 138 Å². The Bertz CT molecular complexity index is 535. The van der Waals surface area contributed by atoms with Gasteiger partial charge in [-0.3, -0.25) is 14.6 Å². The van der Waals surface area contributed by atoms with E-state index >= 15 is 0 Å². The zero-order valence-corrected chi connectivity index (χ0v) is 14.1. The zero-order chi connectivity index (χ0) is 16.7. The first-order valence-corrected chi connectivity index (χ1v) is 8.61. The minimum atomic E-state index is -0.234. The number of nitrogens with one attached hydrogen (secondary N) is 2. The van der Waals surface area contributed by atoms with Crippen LogP contribution in [-0.4, -0.2) is 29.4 Å². The average Bonchev–Trinajstić information content (AvgIpc) is 2.81. The number of rotatable bonds is 5. The third-order valence-corrected chi connectivity index (χ3v) is 4.12. The van der Waals surface area contributed by atoms with Crippen molar-refractivity contribution in [2.45, 2.75) is 58.4 Å². The summed E-state index contributed by atoms with van der Waals surface area (Å²) in [6, 6.07) is 3.48. The highest BCUT2D eigenvalue weighted by Crippen LogP contribution is 2.17. The predicted octanol–water partition coefficient (Wildman–Crippen LogP) is 2.92. The molecule has 0 radical (unpaired) electrons. The summed E-state index contributed by atoms with van der Waals surface area (Å²) in [6.07, 6.45) is 8.45. The second-order valence-electron chi connectivity index (χ2n) is 6.70. The van der Waals surface area contributed by atoms with Crippen molar-refractivity contribution in [3.63, 3.8) is 0 Å². The topological polar surface area (TPSA) is 71.1 Å². The molecular formula is C18H27N3O2. The van der Waals surface area contributed by atoms with Gasteiger partial charge in [0.2, 0.25) is 0 Å². The molecule has 0 aromatic carbocycles. The lowest BCUT2D eigenvalue weighted by Crippen LogP contribution is -2.34. The van der Waals surface area contributed by atoms with Crippen molar-refractivity contribution in [1.29, 1.82) is 0 Å². The molecule has 126 valence electrons. The van der Waals surface area contributed by atoms with E-state index < -0.39 is 0 Å². The van der Waals surface area contributed by atoms with E-state index in [1.54, 1.807) is 12.1 Å². The Kier molecular flexibility index (Phi) is 6.56. The largest absolute Gasteiger partial charge is 0.350 e. The van der Waals surface area contributed by atoms with Gasteiger partial charge < -0.3 is 10.6 Å². The van der Waals surface area contributed by atoms with E-state index in [2.05, 4.69) is 15.6 Å². The number of nitrogens with zero attached hydrogens (tertiary/aromatic N) is 1. The van der Waals surface area contributed by atoms with Crippen molar-refractivity contribution in [3.05, 3.63) is 29.6 Å². The highest BCUT2D eigenvalue weighted by molar-refractivity contribution is 5.98. The summed E-state index contributed by atoms with van der Waals surface area (Å²) in [4.78, 5) is 28.5. The Hall–Kier alpha value is -1.91. The molecule has 1 fully saturated rings. The second kappa shape index (κ2) is 8.65. The number of carbonyl (C=O) groups excluding carboxylic acids is 2. The van der Waals surface area contributed by atoms with Gasteiger partial charge in [-0.1, -0.05) is 39.5 Å². The van der Waals surface area contributed by atoms with Gasteiger partial charge in [-0.15, -0.1) is 0 Å². The highest BCUT2D eigenvalue weighted by atomic mass is 16.2. The molecule has 5 heteroatoms. The monoisotopic (exact) mass is 317 g/mol. The van der Waals surface area contributed by atoms with Gasteiger partial charge in [0.15, 0.2) is 0 Å². The molecule has 1 aromatic rings. The van der Waals surface area contributed by atoms with E-state index in [9.17, 15) is 9.59 Å². The highest BCUT2D eigenvalue weighted by Gasteiger charge is 2.17. The maximum Gasteiger partial charge on any atom is 0.269 e. The Morgan fingerprint density at radius 1 is 1.17 bits per heavy atom. The van der Waals surface area contributed by atoms with E-state index in [4.69, 9.17) is 0 Å². The summed E-state index contributed by atoms with van der Waals surface area (Å²) in [6.45, 7) is 4.66. The van der Waals surface area contributed by atoms with Crippen molar-refractivity contribution in [2.75, 3.05) is 6.54 Å². The number of carbonyl (C=O) groups is 2. The maximum atomic E-state index is 12.4. The van der Waals surface area contributed by atoms with Crippen molar-refractivity contribution in [2.24, 2.45) is 5.92 Å². The molecule has 0 spiro atoms. The molecule has 2 N–H and O–H groups in total. The fourth-order valence-corrected chi connectivity index (χ4v) is 2.78. The van der Waals surface area contributed by atoms with Crippen molar-refractivity contribution < 1.29 is 9.59 Å². The summed E-state index contributed by atoms with van der Waals surface area (Å²) in [5.74, 6) is 0.0284. The van der Waals surface area contributed by atoms with Gasteiger partial charge in [0, 0.05) is 24.3 Å². The molecule has 1 aliphatic carbocycles. The van der Waals surface area contributed by atoms with Crippen molar-refractivity contribution in [3.8, 4) is 0 Å². The first-order valence-electron chi connectivity index (χ1n) is 8.61. The fourth-order valence-electron chi connectivity index (χ4n) is 2.78. The van der Waals surface area contributed by atoms with Crippen LogP contribution in [0.2, 0.25) is 0 Å². The van der Waals surface area contributed by atoms with Crippen molar-refractivity contribution in [1.82, 2.24) is 15.6 Å². The number of pyridine rings is 1. The fraction of sp³-hybridized carbons (Fsp3) is 0.611. The van der Waals surface area contributed by atoms with Crippen LogP contribution in [0.3, 0.4) is 0 Å². The smallest absolute Gasteiger partial charge is 0.269 e.